The number of halogens is 1. The zero-order valence-electron chi connectivity index (χ0n) is 8.75. The van der Waals surface area contributed by atoms with E-state index < -0.39 is 0 Å². The fourth-order valence-corrected chi connectivity index (χ4v) is 1.62. The average molecular weight is 271 g/mol. The second-order valence-corrected chi connectivity index (χ2v) is 5.53. The van der Waals surface area contributed by atoms with Crippen molar-refractivity contribution in [3.05, 3.63) is 35.4 Å². The second-order valence-electron chi connectivity index (χ2n) is 3.28. The lowest BCUT2D eigenvalue weighted by Crippen LogP contribution is -1.90. The Morgan fingerprint density at radius 1 is 1.36 bits per heavy atom. The first-order valence-corrected chi connectivity index (χ1v) is 6.74. The predicted molar refractivity (Wildman–Crippen MR) is 70.3 cm³/mol. The number of allylic oxidation sites excluding steroid dienone is 1. The monoisotopic (exact) mass is 270 g/mol. The summed E-state index contributed by atoms with van der Waals surface area (Å²) in [4.78, 5) is 1.76. The molecule has 0 fully saturated rings. The lowest BCUT2D eigenvalue weighted by Gasteiger charge is -2.03. The summed E-state index contributed by atoms with van der Waals surface area (Å²) in [7, 11) is 0. The van der Waals surface area contributed by atoms with Crippen molar-refractivity contribution >= 4 is 33.8 Å². The van der Waals surface area contributed by atoms with Gasteiger partial charge in [0.05, 0.1) is 0 Å². The van der Waals surface area contributed by atoms with E-state index in [-0.39, 0.29) is 0 Å². The van der Waals surface area contributed by atoms with Crippen molar-refractivity contribution in [2.24, 2.45) is 0 Å². The third-order valence-corrected chi connectivity index (χ3v) is 3.60. The molecule has 0 aliphatic rings. The topological polar surface area (TPSA) is 0 Å². The van der Waals surface area contributed by atoms with Crippen LogP contribution in [0.2, 0.25) is 0 Å². The highest BCUT2D eigenvalue weighted by Gasteiger charge is 1.98. The fourth-order valence-electron chi connectivity index (χ4n) is 1.08. The van der Waals surface area contributed by atoms with Crippen LogP contribution in [0.1, 0.15) is 19.4 Å². The summed E-state index contributed by atoms with van der Waals surface area (Å²) in [5.74, 6) is 0. The second kappa shape index (κ2) is 5.62. The fraction of sp³-hybridized carbons (Fsp3) is 0.333. The van der Waals surface area contributed by atoms with Crippen LogP contribution in [0.4, 0.5) is 0 Å². The summed E-state index contributed by atoms with van der Waals surface area (Å²) >= 11 is 5.33. The maximum atomic E-state index is 3.55. The van der Waals surface area contributed by atoms with Gasteiger partial charge in [-0.05, 0) is 37.8 Å². The van der Waals surface area contributed by atoms with E-state index in [2.05, 4.69) is 66.4 Å². The lowest BCUT2D eigenvalue weighted by atomic mass is 10.1. The van der Waals surface area contributed by atoms with E-state index in [9.17, 15) is 0 Å². The average Bonchev–Trinajstić information content (AvgIpc) is 2.19. The van der Waals surface area contributed by atoms with Gasteiger partial charge in [-0.2, -0.15) is 0 Å². The van der Waals surface area contributed by atoms with Crippen LogP contribution in [0.3, 0.4) is 0 Å². The first-order valence-electron chi connectivity index (χ1n) is 4.60. The third-order valence-electron chi connectivity index (χ3n) is 2.14. The van der Waals surface area contributed by atoms with Gasteiger partial charge in [-0.1, -0.05) is 39.7 Å². The Morgan fingerprint density at radius 3 is 2.36 bits per heavy atom. The SMILES string of the molecule is CSc1ccc(/C=C(/C)C(C)Br)cc1. The van der Waals surface area contributed by atoms with Gasteiger partial charge < -0.3 is 0 Å². The van der Waals surface area contributed by atoms with E-state index in [4.69, 9.17) is 0 Å². The molecule has 0 saturated carbocycles. The molecule has 0 nitrogen and oxygen atoms in total. The molecule has 2 heteroatoms. The van der Waals surface area contributed by atoms with Crippen molar-refractivity contribution in [2.75, 3.05) is 6.26 Å². The van der Waals surface area contributed by atoms with Crippen molar-refractivity contribution in [3.63, 3.8) is 0 Å². The summed E-state index contributed by atoms with van der Waals surface area (Å²) in [6.45, 7) is 4.28. The predicted octanol–water partition coefficient (Wildman–Crippen LogP) is 4.60. The summed E-state index contributed by atoms with van der Waals surface area (Å²) in [6.07, 6.45) is 4.31. The molecule has 0 aliphatic carbocycles. The van der Waals surface area contributed by atoms with Crippen LogP contribution >= 0.6 is 27.7 Å². The number of rotatable bonds is 3. The van der Waals surface area contributed by atoms with Gasteiger partial charge in [-0.25, -0.2) is 0 Å². The summed E-state index contributed by atoms with van der Waals surface area (Å²) in [5.41, 5.74) is 2.62. The molecule has 1 aromatic carbocycles. The van der Waals surface area contributed by atoms with Crippen LogP contribution in [0, 0.1) is 0 Å². The van der Waals surface area contributed by atoms with E-state index in [0.717, 1.165) is 0 Å². The maximum Gasteiger partial charge on any atom is 0.0326 e. The Kier molecular flexibility index (Phi) is 4.76. The normalized spacial score (nSPS) is 14.1. The molecule has 0 aromatic heterocycles. The maximum absolute atomic E-state index is 3.55. The minimum Gasteiger partial charge on any atom is -0.130 e. The van der Waals surface area contributed by atoms with Crippen LogP contribution in [0.5, 0.6) is 0 Å². The summed E-state index contributed by atoms with van der Waals surface area (Å²) < 4.78 is 0. The molecule has 1 unspecified atom stereocenters. The molecular formula is C12H15BrS. The highest BCUT2D eigenvalue weighted by atomic mass is 79.9. The smallest absolute Gasteiger partial charge is 0.0326 e. The van der Waals surface area contributed by atoms with Crippen LogP contribution in [-0.4, -0.2) is 11.1 Å². The van der Waals surface area contributed by atoms with Gasteiger partial charge in [0.25, 0.3) is 0 Å². The summed E-state index contributed by atoms with van der Waals surface area (Å²) in [6, 6.07) is 8.63. The molecule has 14 heavy (non-hydrogen) atoms. The van der Waals surface area contributed by atoms with Crippen LogP contribution in [-0.2, 0) is 0 Å². The number of hydrogen-bond acceptors (Lipinski definition) is 1. The highest BCUT2D eigenvalue weighted by Crippen LogP contribution is 2.18. The van der Waals surface area contributed by atoms with Crippen molar-refractivity contribution in [2.45, 2.75) is 23.6 Å². The number of alkyl halides is 1. The Hall–Kier alpha value is -0.210. The molecule has 0 amide bonds. The van der Waals surface area contributed by atoms with Crippen molar-refractivity contribution in [1.82, 2.24) is 0 Å². The molecule has 0 radical (unpaired) electrons. The van der Waals surface area contributed by atoms with Crippen molar-refractivity contribution in [1.29, 1.82) is 0 Å². The zero-order valence-corrected chi connectivity index (χ0v) is 11.2. The Labute approximate surface area is 98.9 Å². The van der Waals surface area contributed by atoms with E-state index in [1.807, 2.05) is 0 Å². The van der Waals surface area contributed by atoms with Crippen molar-refractivity contribution < 1.29 is 0 Å². The van der Waals surface area contributed by atoms with Gasteiger partial charge in [0.1, 0.15) is 0 Å². The first-order chi connectivity index (χ1) is 6.63. The molecular weight excluding hydrogens is 256 g/mol. The van der Waals surface area contributed by atoms with Crippen molar-refractivity contribution in [3.8, 4) is 0 Å². The number of hydrogen-bond donors (Lipinski definition) is 0. The highest BCUT2D eigenvalue weighted by molar-refractivity contribution is 9.09. The quantitative estimate of drug-likeness (QED) is 0.572. The largest absolute Gasteiger partial charge is 0.130 e. The van der Waals surface area contributed by atoms with Gasteiger partial charge in [0.15, 0.2) is 0 Å². The molecule has 0 spiro atoms. The molecule has 0 saturated heterocycles. The molecule has 0 heterocycles. The number of benzene rings is 1. The standard InChI is InChI=1S/C12H15BrS/c1-9(10(2)13)8-11-4-6-12(14-3)7-5-11/h4-8,10H,1-3H3/b9-8-. The lowest BCUT2D eigenvalue weighted by molar-refractivity contribution is 1.16. The Balaban J connectivity index is 2.83. The minimum absolute atomic E-state index is 0.447. The van der Waals surface area contributed by atoms with Gasteiger partial charge in [0.2, 0.25) is 0 Å². The molecule has 1 aromatic rings. The van der Waals surface area contributed by atoms with Gasteiger partial charge in [-0.3, -0.25) is 0 Å². The molecule has 0 N–H and O–H groups in total. The zero-order chi connectivity index (χ0) is 10.6. The molecule has 1 atom stereocenters. The van der Waals surface area contributed by atoms with E-state index in [0.29, 0.717) is 4.83 Å². The van der Waals surface area contributed by atoms with Gasteiger partial charge in [-0.15, -0.1) is 11.8 Å². The van der Waals surface area contributed by atoms with E-state index in [1.54, 1.807) is 11.8 Å². The van der Waals surface area contributed by atoms with Crippen LogP contribution < -0.4 is 0 Å². The number of thioether (sulfide) groups is 1. The van der Waals surface area contributed by atoms with Gasteiger partial charge >= 0.3 is 0 Å². The van der Waals surface area contributed by atoms with Crippen LogP contribution in [0.25, 0.3) is 6.08 Å². The van der Waals surface area contributed by atoms with Gasteiger partial charge in [0, 0.05) is 9.72 Å². The first kappa shape index (κ1) is 11.9. The molecule has 76 valence electrons. The Bertz CT molecular complexity index is 312. The molecule has 0 bridgehead atoms. The minimum atomic E-state index is 0.447. The van der Waals surface area contributed by atoms with E-state index >= 15 is 0 Å². The molecule has 1 rings (SSSR count). The third kappa shape index (κ3) is 3.50. The summed E-state index contributed by atoms with van der Waals surface area (Å²) in [5, 5.41) is 0. The molecule has 0 aliphatic heterocycles. The van der Waals surface area contributed by atoms with E-state index in [1.165, 1.54) is 16.0 Å². The Morgan fingerprint density at radius 2 is 1.93 bits per heavy atom. The van der Waals surface area contributed by atoms with Crippen LogP contribution in [0.15, 0.2) is 34.7 Å².